The molecule has 8 heteroatoms. The molecular weight excluding hydrogens is 444 g/mol. The zero-order chi connectivity index (χ0) is 25.2. The lowest BCUT2D eigenvalue weighted by Crippen LogP contribution is -2.32. The van der Waals surface area contributed by atoms with Gasteiger partial charge in [-0.15, -0.1) is 0 Å². The third kappa shape index (κ3) is 7.53. The van der Waals surface area contributed by atoms with Crippen LogP contribution in [-0.4, -0.2) is 30.5 Å². The summed E-state index contributed by atoms with van der Waals surface area (Å²) in [7, 11) is 0. The van der Waals surface area contributed by atoms with Crippen LogP contribution in [0.1, 0.15) is 29.2 Å². The topological polar surface area (TPSA) is 109 Å². The molecule has 0 spiro atoms. The zero-order valence-electron chi connectivity index (χ0n) is 19.9. The molecule has 0 bridgehead atoms. The van der Waals surface area contributed by atoms with Crippen molar-refractivity contribution in [2.45, 2.75) is 27.2 Å². The molecule has 3 rings (SSSR count). The number of aryl methyl sites for hydroxylation is 3. The first-order valence-electron chi connectivity index (χ1n) is 11.2. The maximum Gasteiger partial charge on any atom is 0.329 e. The van der Waals surface area contributed by atoms with E-state index in [1.54, 1.807) is 36.4 Å². The predicted octanol–water partition coefficient (Wildman–Crippen LogP) is 3.97. The third-order valence-corrected chi connectivity index (χ3v) is 5.13. The second-order valence-electron chi connectivity index (χ2n) is 7.89. The van der Waals surface area contributed by atoms with Crippen LogP contribution in [0.15, 0.2) is 71.8 Å². The lowest BCUT2D eigenvalue weighted by Gasteiger charge is -2.10. The maximum atomic E-state index is 12.3. The number of carbonyl (C=O) groups is 3. The Morgan fingerprint density at radius 3 is 2.49 bits per heavy atom. The van der Waals surface area contributed by atoms with E-state index in [0.29, 0.717) is 17.0 Å². The largest absolute Gasteiger partial charge is 0.484 e. The lowest BCUT2D eigenvalue weighted by molar-refractivity contribution is -0.136. The maximum absolute atomic E-state index is 12.3. The highest BCUT2D eigenvalue weighted by Crippen LogP contribution is 2.17. The fraction of sp³-hybridized carbons (Fsp3) is 0.185. The van der Waals surface area contributed by atoms with Crippen molar-refractivity contribution >= 4 is 35.3 Å². The average Bonchev–Trinajstić information content (AvgIpc) is 2.85. The van der Waals surface area contributed by atoms with Gasteiger partial charge in [-0.25, -0.2) is 5.43 Å². The Bertz CT molecular complexity index is 1250. The van der Waals surface area contributed by atoms with Crippen molar-refractivity contribution in [3.63, 3.8) is 0 Å². The molecule has 35 heavy (non-hydrogen) atoms. The molecule has 0 saturated heterocycles. The minimum atomic E-state index is -0.886. The third-order valence-electron chi connectivity index (χ3n) is 5.13. The second kappa shape index (κ2) is 12.1. The number of hydrogen-bond acceptors (Lipinski definition) is 5. The van der Waals surface area contributed by atoms with Gasteiger partial charge >= 0.3 is 11.8 Å². The molecule has 0 aliphatic rings. The summed E-state index contributed by atoms with van der Waals surface area (Å²) in [6, 6.07) is 20.0. The summed E-state index contributed by atoms with van der Waals surface area (Å²) in [4.78, 5) is 36.5. The molecule has 0 aromatic heterocycles. The molecular formula is C27H28N4O4. The van der Waals surface area contributed by atoms with Crippen LogP contribution in [0.4, 0.5) is 11.4 Å². The fourth-order valence-corrected chi connectivity index (χ4v) is 3.24. The molecule has 0 saturated carbocycles. The molecule has 180 valence electrons. The van der Waals surface area contributed by atoms with Gasteiger partial charge in [-0.3, -0.25) is 14.4 Å². The Hall–Kier alpha value is -4.46. The van der Waals surface area contributed by atoms with E-state index in [4.69, 9.17) is 4.74 Å². The zero-order valence-corrected chi connectivity index (χ0v) is 19.9. The molecule has 3 N–H and O–H groups in total. The number of hydrazone groups is 1. The summed E-state index contributed by atoms with van der Waals surface area (Å²) < 4.78 is 5.58. The van der Waals surface area contributed by atoms with E-state index < -0.39 is 11.8 Å². The van der Waals surface area contributed by atoms with Gasteiger partial charge in [-0.05, 0) is 66.8 Å². The van der Waals surface area contributed by atoms with Gasteiger partial charge in [0.15, 0.2) is 6.61 Å². The number of nitrogens with zero attached hydrogens (tertiary/aromatic N) is 1. The SMILES string of the molecule is CCc1ccccc1NC(=O)C(=O)N/N=C\c1cccc(OCC(=O)Nc2cc(C)ccc2C)c1. The van der Waals surface area contributed by atoms with E-state index >= 15 is 0 Å². The Labute approximate surface area is 204 Å². The van der Waals surface area contributed by atoms with Gasteiger partial charge in [0.05, 0.1) is 6.21 Å². The number of nitrogens with one attached hydrogen (secondary N) is 3. The molecule has 3 aromatic rings. The molecule has 0 atom stereocenters. The van der Waals surface area contributed by atoms with E-state index in [9.17, 15) is 14.4 Å². The van der Waals surface area contributed by atoms with Crippen LogP contribution in [0.3, 0.4) is 0 Å². The molecule has 0 fully saturated rings. The van der Waals surface area contributed by atoms with Gasteiger partial charge in [0.2, 0.25) is 0 Å². The van der Waals surface area contributed by atoms with Crippen LogP contribution in [0.5, 0.6) is 5.75 Å². The van der Waals surface area contributed by atoms with Crippen molar-refractivity contribution in [3.8, 4) is 5.75 Å². The Morgan fingerprint density at radius 2 is 1.69 bits per heavy atom. The standard InChI is InChI=1S/C27H28N4O4/c1-4-21-9-5-6-11-23(21)30-26(33)27(34)31-28-16-20-8-7-10-22(15-20)35-17-25(32)29-24-14-18(2)12-13-19(24)3/h5-16H,4,17H2,1-3H3,(H,29,32)(H,30,33)(H,31,34)/b28-16-. The minimum absolute atomic E-state index is 0.163. The molecule has 0 heterocycles. The number of amides is 3. The molecule has 3 aromatic carbocycles. The average molecular weight is 473 g/mol. The molecule has 0 unspecified atom stereocenters. The van der Waals surface area contributed by atoms with Crippen molar-refractivity contribution in [1.82, 2.24) is 5.43 Å². The van der Waals surface area contributed by atoms with Crippen LogP contribution in [-0.2, 0) is 20.8 Å². The number of carbonyl (C=O) groups excluding carboxylic acids is 3. The minimum Gasteiger partial charge on any atom is -0.484 e. The van der Waals surface area contributed by atoms with Crippen LogP contribution in [0.2, 0.25) is 0 Å². The Morgan fingerprint density at radius 1 is 0.886 bits per heavy atom. The van der Waals surface area contributed by atoms with E-state index in [1.165, 1.54) is 6.21 Å². The lowest BCUT2D eigenvalue weighted by atomic mass is 10.1. The van der Waals surface area contributed by atoms with Crippen molar-refractivity contribution in [1.29, 1.82) is 0 Å². The highest BCUT2D eigenvalue weighted by atomic mass is 16.5. The number of benzene rings is 3. The molecule has 0 aliphatic carbocycles. The predicted molar refractivity (Wildman–Crippen MR) is 137 cm³/mol. The van der Waals surface area contributed by atoms with Gasteiger partial charge in [0.1, 0.15) is 5.75 Å². The fourth-order valence-electron chi connectivity index (χ4n) is 3.24. The summed E-state index contributed by atoms with van der Waals surface area (Å²) >= 11 is 0. The summed E-state index contributed by atoms with van der Waals surface area (Å²) in [5, 5.41) is 9.27. The summed E-state index contributed by atoms with van der Waals surface area (Å²) in [5.41, 5.74) is 7.11. The highest BCUT2D eigenvalue weighted by molar-refractivity contribution is 6.39. The molecule has 0 aliphatic heterocycles. The van der Waals surface area contributed by atoms with E-state index in [-0.39, 0.29) is 12.5 Å². The monoisotopic (exact) mass is 472 g/mol. The van der Waals surface area contributed by atoms with Crippen molar-refractivity contribution < 1.29 is 19.1 Å². The highest BCUT2D eigenvalue weighted by Gasteiger charge is 2.14. The van der Waals surface area contributed by atoms with Crippen molar-refractivity contribution in [3.05, 3.63) is 89.0 Å². The summed E-state index contributed by atoms with van der Waals surface area (Å²) in [5.74, 6) is -1.51. The van der Waals surface area contributed by atoms with E-state index in [2.05, 4.69) is 21.2 Å². The first-order valence-corrected chi connectivity index (χ1v) is 11.2. The van der Waals surface area contributed by atoms with Crippen LogP contribution >= 0.6 is 0 Å². The van der Waals surface area contributed by atoms with Crippen LogP contribution in [0, 0.1) is 13.8 Å². The number of anilines is 2. The molecule has 3 amide bonds. The molecule has 0 radical (unpaired) electrons. The second-order valence-corrected chi connectivity index (χ2v) is 7.89. The van der Waals surface area contributed by atoms with E-state index in [0.717, 1.165) is 28.8 Å². The smallest absolute Gasteiger partial charge is 0.329 e. The number of rotatable bonds is 8. The summed E-state index contributed by atoms with van der Waals surface area (Å²) in [6.45, 7) is 5.68. The van der Waals surface area contributed by atoms with Gasteiger partial charge in [0, 0.05) is 11.4 Å². The Balaban J connectivity index is 1.50. The number of hydrogen-bond donors (Lipinski definition) is 3. The normalized spacial score (nSPS) is 10.6. The summed E-state index contributed by atoms with van der Waals surface area (Å²) in [6.07, 6.45) is 2.11. The number of ether oxygens (including phenoxy) is 1. The van der Waals surface area contributed by atoms with Crippen molar-refractivity contribution in [2.75, 3.05) is 17.2 Å². The van der Waals surface area contributed by atoms with E-state index in [1.807, 2.05) is 51.1 Å². The van der Waals surface area contributed by atoms with Gasteiger partial charge in [-0.1, -0.05) is 49.4 Å². The number of para-hydroxylation sites is 1. The van der Waals surface area contributed by atoms with Crippen LogP contribution in [0.25, 0.3) is 0 Å². The first kappa shape index (κ1) is 25.2. The molecule has 8 nitrogen and oxygen atoms in total. The van der Waals surface area contributed by atoms with Gasteiger partial charge in [-0.2, -0.15) is 5.10 Å². The van der Waals surface area contributed by atoms with Crippen LogP contribution < -0.4 is 20.8 Å². The van der Waals surface area contributed by atoms with Crippen molar-refractivity contribution in [2.24, 2.45) is 5.10 Å². The first-order chi connectivity index (χ1) is 16.9. The quantitative estimate of drug-likeness (QED) is 0.262. The Kier molecular flexibility index (Phi) is 8.72. The van der Waals surface area contributed by atoms with Gasteiger partial charge < -0.3 is 15.4 Å². The van der Waals surface area contributed by atoms with Gasteiger partial charge in [0.25, 0.3) is 5.91 Å².